The third-order valence-electron chi connectivity index (χ3n) is 3.40. The zero-order valence-electron chi connectivity index (χ0n) is 11.0. The van der Waals surface area contributed by atoms with E-state index in [2.05, 4.69) is 56.1 Å². The van der Waals surface area contributed by atoms with E-state index in [1.165, 1.54) is 0 Å². The molecule has 0 atom stereocenters. The van der Waals surface area contributed by atoms with Crippen molar-refractivity contribution in [3.63, 3.8) is 0 Å². The van der Waals surface area contributed by atoms with E-state index in [0.29, 0.717) is 0 Å². The van der Waals surface area contributed by atoms with Crippen molar-refractivity contribution in [2.24, 2.45) is 0 Å². The van der Waals surface area contributed by atoms with Crippen molar-refractivity contribution in [1.82, 2.24) is 0 Å². The van der Waals surface area contributed by atoms with E-state index in [1.54, 1.807) is 14.2 Å². The number of rotatable bonds is 2. The third kappa shape index (κ3) is 2.07. The van der Waals surface area contributed by atoms with Crippen molar-refractivity contribution < 1.29 is 9.47 Å². The number of ether oxygens (including phenoxy) is 2. The summed E-state index contributed by atoms with van der Waals surface area (Å²) in [6.45, 7) is 0. The second-order valence-corrected chi connectivity index (χ2v) is 6.04. The van der Waals surface area contributed by atoms with E-state index in [9.17, 15) is 0 Å². The molecule has 0 saturated carbocycles. The van der Waals surface area contributed by atoms with E-state index in [1.807, 2.05) is 12.1 Å². The van der Waals surface area contributed by atoms with Crippen LogP contribution in [0.2, 0.25) is 0 Å². The van der Waals surface area contributed by atoms with Crippen LogP contribution in [0, 0.1) is 0 Å². The molecular formula is C16H12Br2O2. The van der Waals surface area contributed by atoms with Crippen LogP contribution in [0.3, 0.4) is 0 Å². The molecule has 0 aromatic heterocycles. The first-order valence-corrected chi connectivity index (χ1v) is 7.66. The molecule has 2 nitrogen and oxygen atoms in total. The van der Waals surface area contributed by atoms with Crippen molar-refractivity contribution in [2.45, 2.75) is 0 Å². The van der Waals surface area contributed by atoms with Gasteiger partial charge in [0.15, 0.2) is 0 Å². The SMILES string of the molecule is COc1ccc2cc3c(Br)c(OC)ccc3cc2c1Br. The zero-order valence-corrected chi connectivity index (χ0v) is 14.2. The smallest absolute Gasteiger partial charge is 0.133 e. The van der Waals surface area contributed by atoms with Crippen LogP contribution in [0.1, 0.15) is 0 Å². The number of benzene rings is 3. The Morgan fingerprint density at radius 2 is 1.10 bits per heavy atom. The number of halogens is 2. The fraction of sp³-hybridized carbons (Fsp3) is 0.125. The first-order chi connectivity index (χ1) is 9.65. The molecule has 0 aliphatic carbocycles. The average molecular weight is 396 g/mol. The normalized spacial score (nSPS) is 11.0. The molecule has 0 fully saturated rings. The van der Waals surface area contributed by atoms with Gasteiger partial charge < -0.3 is 9.47 Å². The van der Waals surface area contributed by atoms with Crippen molar-refractivity contribution in [3.8, 4) is 11.5 Å². The van der Waals surface area contributed by atoms with Crippen molar-refractivity contribution in [1.29, 1.82) is 0 Å². The molecule has 0 saturated heterocycles. The van der Waals surface area contributed by atoms with Crippen LogP contribution in [0.15, 0.2) is 45.3 Å². The average Bonchev–Trinajstić information content (AvgIpc) is 2.47. The fourth-order valence-electron chi connectivity index (χ4n) is 2.35. The largest absolute Gasteiger partial charge is 0.496 e. The predicted molar refractivity (Wildman–Crippen MR) is 90.0 cm³/mol. The van der Waals surface area contributed by atoms with E-state index >= 15 is 0 Å². The molecule has 0 aliphatic heterocycles. The lowest BCUT2D eigenvalue weighted by atomic mass is 10.0. The van der Waals surface area contributed by atoms with Gasteiger partial charge >= 0.3 is 0 Å². The summed E-state index contributed by atoms with van der Waals surface area (Å²) in [5.41, 5.74) is 0. The molecule has 0 aliphatic rings. The molecular weight excluding hydrogens is 384 g/mol. The molecule has 0 radical (unpaired) electrons. The second-order valence-electron chi connectivity index (χ2n) is 4.46. The summed E-state index contributed by atoms with van der Waals surface area (Å²) in [5.74, 6) is 1.67. The molecule has 3 rings (SSSR count). The standard InChI is InChI=1S/C16H12Br2O2/c1-19-13-5-3-9-8-12-10(7-11(9)15(13)17)4-6-14(20-2)16(12)18/h3-8H,1-2H3. The summed E-state index contributed by atoms with van der Waals surface area (Å²) < 4.78 is 12.7. The van der Waals surface area contributed by atoms with Crippen molar-refractivity contribution in [2.75, 3.05) is 14.2 Å². The second kappa shape index (κ2) is 5.26. The van der Waals surface area contributed by atoms with Gasteiger partial charge in [-0.2, -0.15) is 0 Å². The highest BCUT2D eigenvalue weighted by Crippen LogP contribution is 2.39. The van der Waals surface area contributed by atoms with Crippen molar-refractivity contribution in [3.05, 3.63) is 45.3 Å². The van der Waals surface area contributed by atoms with Gasteiger partial charge in [-0.1, -0.05) is 12.1 Å². The summed E-state index contributed by atoms with van der Waals surface area (Å²) in [6.07, 6.45) is 0. The van der Waals surface area contributed by atoms with Crippen LogP contribution in [0.4, 0.5) is 0 Å². The Hall–Kier alpha value is -1.26. The molecule has 0 heterocycles. The Labute approximate surface area is 133 Å². The van der Waals surface area contributed by atoms with Gasteiger partial charge in [0.25, 0.3) is 0 Å². The number of hydrogen-bond acceptors (Lipinski definition) is 2. The molecule has 3 aromatic rings. The van der Waals surface area contributed by atoms with Gasteiger partial charge in [0.2, 0.25) is 0 Å². The summed E-state index contributed by atoms with van der Waals surface area (Å²) >= 11 is 7.23. The molecule has 0 spiro atoms. The lowest BCUT2D eigenvalue weighted by molar-refractivity contribution is 0.412. The van der Waals surface area contributed by atoms with Gasteiger partial charge in [-0.25, -0.2) is 0 Å². The number of fused-ring (bicyclic) bond motifs is 2. The van der Waals surface area contributed by atoms with Crippen LogP contribution in [-0.4, -0.2) is 14.2 Å². The van der Waals surface area contributed by atoms with Crippen molar-refractivity contribution >= 4 is 53.4 Å². The minimum Gasteiger partial charge on any atom is -0.496 e. The molecule has 3 aromatic carbocycles. The first-order valence-electron chi connectivity index (χ1n) is 6.08. The molecule has 0 unspecified atom stereocenters. The van der Waals surface area contributed by atoms with Gasteiger partial charge in [0.05, 0.1) is 23.2 Å². The van der Waals surface area contributed by atoms with Gasteiger partial charge in [-0.3, -0.25) is 0 Å². The Kier molecular flexibility index (Phi) is 3.61. The minimum atomic E-state index is 0.837. The Balaban J connectivity index is 2.40. The molecule has 102 valence electrons. The van der Waals surface area contributed by atoms with Crippen LogP contribution in [0.5, 0.6) is 11.5 Å². The summed E-state index contributed by atoms with van der Waals surface area (Å²) in [6, 6.07) is 12.4. The highest BCUT2D eigenvalue weighted by Gasteiger charge is 2.10. The maximum absolute atomic E-state index is 5.35. The third-order valence-corrected chi connectivity index (χ3v) is 5.03. The molecule has 4 heteroatoms. The highest BCUT2D eigenvalue weighted by atomic mass is 79.9. The maximum atomic E-state index is 5.35. The number of methoxy groups -OCH3 is 2. The van der Waals surface area contributed by atoms with E-state index < -0.39 is 0 Å². The predicted octanol–water partition coefficient (Wildman–Crippen LogP) is 5.54. The number of hydrogen-bond donors (Lipinski definition) is 0. The van der Waals surface area contributed by atoms with Gasteiger partial charge in [0, 0.05) is 10.8 Å². The van der Waals surface area contributed by atoms with Crippen LogP contribution in [-0.2, 0) is 0 Å². The molecule has 0 amide bonds. The zero-order chi connectivity index (χ0) is 14.3. The first kappa shape index (κ1) is 13.7. The van der Waals surface area contributed by atoms with E-state index in [-0.39, 0.29) is 0 Å². The summed E-state index contributed by atoms with van der Waals surface area (Å²) in [4.78, 5) is 0. The van der Waals surface area contributed by atoms with E-state index in [0.717, 1.165) is 42.0 Å². The van der Waals surface area contributed by atoms with Gasteiger partial charge in [0.1, 0.15) is 11.5 Å². The Bertz CT molecular complexity index is 743. The minimum absolute atomic E-state index is 0.837. The summed E-state index contributed by atoms with van der Waals surface area (Å²) in [7, 11) is 3.35. The monoisotopic (exact) mass is 394 g/mol. The van der Waals surface area contributed by atoms with Gasteiger partial charge in [-0.05, 0) is 66.9 Å². The molecule has 20 heavy (non-hydrogen) atoms. The quantitative estimate of drug-likeness (QED) is 0.530. The Morgan fingerprint density at radius 3 is 1.45 bits per heavy atom. The maximum Gasteiger partial charge on any atom is 0.133 e. The molecule has 0 N–H and O–H groups in total. The van der Waals surface area contributed by atoms with Gasteiger partial charge in [-0.15, -0.1) is 0 Å². The highest BCUT2D eigenvalue weighted by molar-refractivity contribution is 9.11. The van der Waals surface area contributed by atoms with Crippen LogP contribution < -0.4 is 9.47 Å². The molecule has 0 bridgehead atoms. The lowest BCUT2D eigenvalue weighted by Gasteiger charge is -2.11. The lowest BCUT2D eigenvalue weighted by Crippen LogP contribution is -1.88. The Morgan fingerprint density at radius 1 is 0.700 bits per heavy atom. The van der Waals surface area contributed by atoms with E-state index in [4.69, 9.17) is 9.47 Å². The van der Waals surface area contributed by atoms with Crippen LogP contribution >= 0.6 is 31.9 Å². The van der Waals surface area contributed by atoms with Crippen LogP contribution in [0.25, 0.3) is 21.5 Å². The fourth-order valence-corrected chi connectivity index (χ4v) is 3.62. The topological polar surface area (TPSA) is 18.5 Å². The summed E-state index contributed by atoms with van der Waals surface area (Å²) in [5, 5.41) is 4.57.